The Kier molecular flexibility index (Phi) is 3.82. The Morgan fingerprint density at radius 1 is 1.41 bits per heavy atom. The first-order valence-corrected chi connectivity index (χ1v) is 5.57. The molecular weight excluding hydrogens is 248 g/mol. The third kappa shape index (κ3) is 2.81. The molecule has 0 N–H and O–H groups in total. The van der Waals surface area contributed by atoms with E-state index in [2.05, 4.69) is 9.13 Å². The van der Waals surface area contributed by atoms with Gasteiger partial charge in [0.2, 0.25) is 0 Å². The molecule has 0 saturated heterocycles. The van der Waals surface area contributed by atoms with Crippen LogP contribution in [0, 0.1) is 11.5 Å². The molecule has 8 heteroatoms. The van der Waals surface area contributed by atoms with E-state index in [1.54, 1.807) is 0 Å². The summed E-state index contributed by atoms with van der Waals surface area (Å²) in [7, 11) is -2.85. The molecule has 7 nitrogen and oxygen atoms in total. The number of hydrogen-bond acceptors (Lipinski definition) is 6. The van der Waals surface area contributed by atoms with Crippen molar-refractivity contribution >= 4 is 16.1 Å². The highest BCUT2D eigenvalue weighted by Gasteiger charge is 2.20. The molecule has 0 atom stereocenters. The summed E-state index contributed by atoms with van der Waals surface area (Å²) in [5.41, 5.74) is 0. The lowest BCUT2D eigenvalue weighted by atomic mass is 10.3. The summed E-state index contributed by atoms with van der Waals surface area (Å²) >= 11 is 0. The van der Waals surface area contributed by atoms with Gasteiger partial charge in [0.15, 0.2) is 5.75 Å². The van der Waals surface area contributed by atoms with Gasteiger partial charge in [-0.05, 0) is 12.1 Å². The second-order valence-corrected chi connectivity index (χ2v) is 4.24. The van der Waals surface area contributed by atoms with E-state index in [-0.39, 0.29) is 5.75 Å². The van der Waals surface area contributed by atoms with Crippen molar-refractivity contribution in [3.05, 3.63) is 18.2 Å². The summed E-state index contributed by atoms with van der Waals surface area (Å²) in [6, 6.07) is 3.63. The van der Waals surface area contributed by atoms with Gasteiger partial charge in [0.25, 0.3) is 22.4 Å². The molecule has 0 heterocycles. The highest BCUT2D eigenvalue weighted by atomic mass is 32.2. The quantitative estimate of drug-likeness (QED) is 0.442. The minimum absolute atomic E-state index is 0.272. The molecule has 0 spiro atoms. The summed E-state index contributed by atoms with van der Waals surface area (Å²) in [4.78, 5) is 9.57. The zero-order chi connectivity index (χ0) is 12.9. The normalized spacial score (nSPS) is 9.88. The first-order valence-electron chi connectivity index (χ1n) is 4.13. The molecule has 0 radical (unpaired) electrons. The Labute approximate surface area is 97.0 Å². The minimum atomic E-state index is -4.22. The molecular formula is C9H6N2O5S. The van der Waals surface area contributed by atoms with Gasteiger partial charge >= 0.3 is 0 Å². The fraction of sp³-hybridized carbons (Fsp3) is 0.111. The van der Waals surface area contributed by atoms with E-state index in [1.807, 2.05) is 0 Å². The second kappa shape index (κ2) is 5.12. The lowest BCUT2D eigenvalue weighted by molar-refractivity contribution is 0.408. The number of benzene rings is 1. The van der Waals surface area contributed by atoms with Crippen LogP contribution in [0.2, 0.25) is 0 Å². The summed E-state index contributed by atoms with van der Waals surface area (Å²) in [6.45, 7) is 0. The van der Waals surface area contributed by atoms with Crippen LogP contribution in [0.5, 0.6) is 11.5 Å². The summed E-state index contributed by atoms with van der Waals surface area (Å²) < 4.78 is 34.9. The van der Waals surface area contributed by atoms with Crippen molar-refractivity contribution in [1.82, 2.24) is 0 Å². The summed E-state index contributed by atoms with van der Waals surface area (Å²) in [5.74, 6) is 0.0233. The van der Waals surface area contributed by atoms with Crippen LogP contribution in [0.4, 0.5) is 0 Å². The second-order valence-electron chi connectivity index (χ2n) is 2.66. The van der Waals surface area contributed by atoms with Gasteiger partial charge in [0.05, 0.1) is 7.11 Å². The summed E-state index contributed by atoms with van der Waals surface area (Å²) in [6.07, 6.45) is 2.25. The van der Waals surface area contributed by atoms with Gasteiger partial charge in [-0.15, -0.1) is 5.26 Å². The van der Waals surface area contributed by atoms with Crippen LogP contribution in [0.15, 0.2) is 27.5 Å². The van der Waals surface area contributed by atoms with Gasteiger partial charge in [-0.2, -0.15) is 8.42 Å². The Bertz CT molecular complexity index is 611. The van der Waals surface area contributed by atoms with Crippen LogP contribution in [-0.2, 0) is 14.8 Å². The number of rotatable bonds is 4. The fourth-order valence-electron chi connectivity index (χ4n) is 1.06. The average Bonchev–Trinajstić information content (AvgIpc) is 2.29. The molecule has 0 amide bonds. The zero-order valence-electron chi connectivity index (χ0n) is 8.58. The molecule has 0 aliphatic carbocycles. The maximum absolute atomic E-state index is 11.5. The Morgan fingerprint density at radius 2 is 2.12 bits per heavy atom. The van der Waals surface area contributed by atoms with Gasteiger partial charge in [-0.1, -0.05) is 4.40 Å². The van der Waals surface area contributed by atoms with E-state index < -0.39 is 14.9 Å². The Balaban J connectivity index is 3.44. The van der Waals surface area contributed by atoms with Crippen LogP contribution in [0.3, 0.4) is 0 Å². The van der Waals surface area contributed by atoms with Gasteiger partial charge in [0, 0.05) is 6.07 Å². The molecule has 0 aromatic heterocycles. The topological polar surface area (TPSA) is 106 Å². The molecule has 0 fully saturated rings. The molecule has 88 valence electrons. The van der Waals surface area contributed by atoms with Crippen LogP contribution in [0.25, 0.3) is 0 Å². The number of ether oxygens (including phenoxy) is 2. The number of nitrogens with zero attached hydrogens (tertiary/aromatic N) is 2. The first-order chi connectivity index (χ1) is 8.05. The van der Waals surface area contributed by atoms with E-state index in [9.17, 15) is 13.2 Å². The number of methoxy groups -OCH3 is 1. The largest absolute Gasteiger partial charge is 0.497 e. The van der Waals surface area contributed by atoms with Crippen LogP contribution in [-0.4, -0.2) is 21.6 Å². The third-order valence-electron chi connectivity index (χ3n) is 1.74. The maximum atomic E-state index is 11.5. The maximum Gasteiger partial charge on any atom is 0.296 e. The SMILES string of the molecule is COc1ccc(S(=O)(=O)N=C=O)c(OC#N)c1. The number of carbonyl (C=O) groups excluding carboxylic acids is 1. The van der Waals surface area contributed by atoms with Crippen molar-refractivity contribution in [3.8, 4) is 17.8 Å². The zero-order valence-corrected chi connectivity index (χ0v) is 9.39. The minimum Gasteiger partial charge on any atom is -0.497 e. The number of isocyanates is 1. The smallest absolute Gasteiger partial charge is 0.296 e. The van der Waals surface area contributed by atoms with Crippen molar-refractivity contribution < 1.29 is 22.7 Å². The highest BCUT2D eigenvalue weighted by Crippen LogP contribution is 2.29. The molecule has 1 aromatic carbocycles. The lowest BCUT2D eigenvalue weighted by Gasteiger charge is -2.05. The first kappa shape index (κ1) is 12.7. The predicted molar refractivity (Wildman–Crippen MR) is 54.5 cm³/mol. The molecule has 1 rings (SSSR count). The monoisotopic (exact) mass is 254 g/mol. The van der Waals surface area contributed by atoms with Crippen LogP contribution in [0.1, 0.15) is 0 Å². The van der Waals surface area contributed by atoms with E-state index in [0.717, 1.165) is 12.1 Å². The lowest BCUT2D eigenvalue weighted by Crippen LogP contribution is -2.00. The number of sulfonamides is 1. The van der Waals surface area contributed by atoms with E-state index >= 15 is 0 Å². The van der Waals surface area contributed by atoms with E-state index in [4.69, 9.17) is 10.00 Å². The van der Waals surface area contributed by atoms with Crippen molar-refractivity contribution in [3.63, 3.8) is 0 Å². The summed E-state index contributed by atoms with van der Waals surface area (Å²) in [5, 5.41) is 8.39. The molecule has 1 aromatic rings. The Hall–Kier alpha value is -2.36. The van der Waals surface area contributed by atoms with Gasteiger partial charge in [-0.25, -0.2) is 4.79 Å². The molecule has 0 unspecified atom stereocenters. The van der Waals surface area contributed by atoms with Crippen molar-refractivity contribution in [2.45, 2.75) is 4.90 Å². The average molecular weight is 254 g/mol. The molecule has 0 aliphatic rings. The molecule has 0 aliphatic heterocycles. The molecule has 0 bridgehead atoms. The van der Waals surface area contributed by atoms with Crippen molar-refractivity contribution in [2.24, 2.45) is 4.40 Å². The number of nitriles is 1. The molecule has 17 heavy (non-hydrogen) atoms. The van der Waals surface area contributed by atoms with Gasteiger partial charge in [-0.3, -0.25) is 0 Å². The number of hydrogen-bond donors (Lipinski definition) is 0. The highest BCUT2D eigenvalue weighted by molar-refractivity contribution is 7.90. The molecule has 0 saturated carbocycles. The van der Waals surface area contributed by atoms with Crippen molar-refractivity contribution in [2.75, 3.05) is 7.11 Å². The van der Waals surface area contributed by atoms with Crippen molar-refractivity contribution in [1.29, 1.82) is 5.26 Å². The van der Waals surface area contributed by atoms with E-state index in [0.29, 0.717) is 5.75 Å². The van der Waals surface area contributed by atoms with E-state index in [1.165, 1.54) is 25.5 Å². The fourth-order valence-corrected chi connectivity index (χ4v) is 1.85. The predicted octanol–water partition coefficient (Wildman–Crippen LogP) is 0.580. The van der Waals surface area contributed by atoms with Gasteiger partial charge in [0.1, 0.15) is 10.6 Å². The van der Waals surface area contributed by atoms with Crippen LogP contribution < -0.4 is 9.47 Å². The standard InChI is InChI=1S/C9H6N2O5S/c1-15-7-2-3-9(8(4-7)16-5-10)17(13,14)11-6-12/h2-4H,1H3. The third-order valence-corrected chi connectivity index (χ3v) is 2.95. The van der Waals surface area contributed by atoms with Gasteiger partial charge < -0.3 is 9.47 Å². The Morgan fingerprint density at radius 3 is 2.65 bits per heavy atom. The van der Waals surface area contributed by atoms with Crippen LogP contribution >= 0.6 is 0 Å².